The van der Waals surface area contributed by atoms with E-state index in [1.54, 1.807) is 0 Å². The third-order valence-corrected chi connectivity index (χ3v) is 2.97. The van der Waals surface area contributed by atoms with Crippen LogP contribution >= 0.6 is 0 Å². The van der Waals surface area contributed by atoms with Gasteiger partial charge in [0.05, 0.1) is 12.6 Å². The Bertz CT molecular complexity index is 334. The van der Waals surface area contributed by atoms with E-state index in [1.807, 2.05) is 0 Å². The maximum atomic E-state index is 11.4. The molecule has 16 heavy (non-hydrogen) atoms. The van der Waals surface area contributed by atoms with Gasteiger partial charge in [0.25, 0.3) is 0 Å². The Morgan fingerprint density at radius 2 is 1.75 bits per heavy atom. The van der Waals surface area contributed by atoms with Crippen molar-refractivity contribution in [2.24, 2.45) is 0 Å². The number of hydrogen-bond acceptors (Lipinski definition) is 6. The minimum absolute atomic E-state index is 0.609. The Hall–Kier alpha value is -1.22. The summed E-state index contributed by atoms with van der Waals surface area (Å²) in [7, 11) is 0. The van der Waals surface area contributed by atoms with Crippen LogP contribution in [-0.4, -0.2) is 74.3 Å². The first-order chi connectivity index (χ1) is 7.49. The summed E-state index contributed by atoms with van der Waals surface area (Å²) in [5, 5.41) is 39.8. The largest absolute Gasteiger partial charge is 0.394 e. The summed E-state index contributed by atoms with van der Waals surface area (Å²) in [6, 6.07) is -1.10. The number of aliphatic hydroxyl groups is 4. The average Bonchev–Trinajstić information content (AvgIpc) is 2.55. The van der Waals surface area contributed by atoms with Crippen LogP contribution in [0.3, 0.4) is 0 Å². The second-order valence-electron chi connectivity index (χ2n) is 3.85. The number of carbonyl (C=O) groups excluding carboxylic acids is 2. The highest BCUT2D eigenvalue weighted by Crippen LogP contribution is 2.26. The standard InChI is InChI=1S/C8H12N2O6/c11-1-2-3(12)4(13)5(14)6-9-7(15)8(16)10(2)6/h2-6,11-14H,1H2,(H,9,15)/t2?,3?,4?,5?,6-/m1/s1. The van der Waals surface area contributed by atoms with Crippen LogP contribution in [0.15, 0.2) is 0 Å². The molecule has 0 aromatic rings. The molecule has 0 aliphatic carbocycles. The molecule has 4 unspecified atom stereocenters. The molecule has 8 nitrogen and oxygen atoms in total. The van der Waals surface area contributed by atoms with Crippen LogP contribution in [-0.2, 0) is 9.59 Å². The molecule has 2 heterocycles. The minimum Gasteiger partial charge on any atom is -0.394 e. The normalized spacial score (nSPS) is 43.2. The van der Waals surface area contributed by atoms with Crippen LogP contribution in [0.2, 0.25) is 0 Å². The van der Waals surface area contributed by atoms with Crippen LogP contribution in [0, 0.1) is 0 Å². The number of aliphatic hydroxyl groups excluding tert-OH is 4. The first kappa shape index (κ1) is 11.3. The summed E-state index contributed by atoms with van der Waals surface area (Å²) < 4.78 is 0. The highest BCUT2D eigenvalue weighted by Gasteiger charge is 2.54. The average molecular weight is 232 g/mol. The number of hydrogen-bond donors (Lipinski definition) is 5. The molecule has 2 aliphatic rings. The van der Waals surface area contributed by atoms with Gasteiger partial charge in [-0.25, -0.2) is 0 Å². The molecule has 2 aliphatic heterocycles. The van der Waals surface area contributed by atoms with E-state index >= 15 is 0 Å². The van der Waals surface area contributed by atoms with Gasteiger partial charge in [-0.2, -0.15) is 0 Å². The molecule has 90 valence electrons. The molecular formula is C8H12N2O6. The van der Waals surface area contributed by atoms with E-state index in [-0.39, 0.29) is 0 Å². The summed E-state index contributed by atoms with van der Waals surface area (Å²) in [6.07, 6.45) is -5.60. The lowest BCUT2D eigenvalue weighted by Gasteiger charge is -2.44. The Balaban J connectivity index is 2.35. The zero-order chi connectivity index (χ0) is 12.0. The van der Waals surface area contributed by atoms with Gasteiger partial charge in [0.15, 0.2) is 0 Å². The third-order valence-electron chi connectivity index (χ3n) is 2.97. The molecule has 0 radical (unpaired) electrons. The Labute approximate surface area is 90.1 Å². The molecule has 5 atom stereocenters. The van der Waals surface area contributed by atoms with E-state index in [0.29, 0.717) is 0 Å². The van der Waals surface area contributed by atoms with Crippen molar-refractivity contribution < 1.29 is 30.0 Å². The molecule has 2 saturated heterocycles. The molecule has 8 heteroatoms. The topological polar surface area (TPSA) is 130 Å². The van der Waals surface area contributed by atoms with Crippen molar-refractivity contribution in [3.8, 4) is 0 Å². The van der Waals surface area contributed by atoms with Crippen LogP contribution in [0.25, 0.3) is 0 Å². The molecular weight excluding hydrogens is 220 g/mol. The number of rotatable bonds is 1. The molecule has 5 N–H and O–H groups in total. The lowest BCUT2D eigenvalue weighted by Crippen LogP contribution is -2.68. The Morgan fingerprint density at radius 3 is 2.31 bits per heavy atom. The summed E-state index contributed by atoms with van der Waals surface area (Å²) >= 11 is 0. The van der Waals surface area contributed by atoms with Crippen molar-refractivity contribution in [2.45, 2.75) is 30.5 Å². The fourth-order valence-corrected chi connectivity index (χ4v) is 2.09. The first-order valence-electron chi connectivity index (χ1n) is 4.77. The molecule has 2 fully saturated rings. The van der Waals surface area contributed by atoms with Crippen molar-refractivity contribution in [1.29, 1.82) is 0 Å². The minimum atomic E-state index is -1.52. The number of nitrogens with one attached hydrogen (secondary N) is 1. The lowest BCUT2D eigenvalue weighted by atomic mass is 9.92. The van der Waals surface area contributed by atoms with E-state index in [1.165, 1.54) is 0 Å². The summed E-state index contributed by atoms with van der Waals surface area (Å²) in [4.78, 5) is 23.4. The molecule has 2 rings (SSSR count). The highest BCUT2D eigenvalue weighted by atomic mass is 16.4. The molecule has 0 saturated carbocycles. The number of fused-ring (bicyclic) bond motifs is 1. The van der Waals surface area contributed by atoms with Gasteiger partial charge in [-0.3, -0.25) is 9.59 Å². The smallest absolute Gasteiger partial charge is 0.314 e. The van der Waals surface area contributed by atoms with E-state index in [0.717, 1.165) is 4.90 Å². The van der Waals surface area contributed by atoms with Crippen molar-refractivity contribution in [3.05, 3.63) is 0 Å². The van der Waals surface area contributed by atoms with Crippen molar-refractivity contribution in [2.75, 3.05) is 6.61 Å². The summed E-state index contributed by atoms with van der Waals surface area (Å²) in [6.45, 7) is -0.609. The Morgan fingerprint density at radius 1 is 1.12 bits per heavy atom. The van der Waals surface area contributed by atoms with E-state index in [4.69, 9.17) is 5.11 Å². The quantitative estimate of drug-likeness (QED) is 0.291. The van der Waals surface area contributed by atoms with Crippen molar-refractivity contribution >= 4 is 11.8 Å². The van der Waals surface area contributed by atoms with Crippen LogP contribution < -0.4 is 5.32 Å². The summed E-state index contributed by atoms with van der Waals surface area (Å²) in [5.41, 5.74) is 0. The van der Waals surface area contributed by atoms with E-state index < -0.39 is 48.9 Å². The summed E-state index contributed by atoms with van der Waals surface area (Å²) in [5.74, 6) is -1.86. The molecule has 0 spiro atoms. The molecule has 0 aromatic heterocycles. The Kier molecular flexibility index (Phi) is 2.58. The van der Waals surface area contributed by atoms with Crippen molar-refractivity contribution in [3.63, 3.8) is 0 Å². The SMILES string of the molecule is O=C1N[C@H]2C(O)C(O)C(O)C(CO)N2C1=O. The fourth-order valence-electron chi connectivity index (χ4n) is 2.09. The van der Waals surface area contributed by atoms with Gasteiger partial charge in [0.1, 0.15) is 24.5 Å². The van der Waals surface area contributed by atoms with Gasteiger partial charge in [-0.05, 0) is 0 Å². The lowest BCUT2D eigenvalue weighted by molar-refractivity contribution is -0.175. The predicted octanol–water partition coefficient (Wildman–Crippen LogP) is -4.27. The van der Waals surface area contributed by atoms with Crippen LogP contribution in [0.4, 0.5) is 0 Å². The van der Waals surface area contributed by atoms with Gasteiger partial charge in [-0.15, -0.1) is 0 Å². The van der Waals surface area contributed by atoms with Crippen molar-refractivity contribution in [1.82, 2.24) is 10.2 Å². The maximum Gasteiger partial charge on any atom is 0.314 e. The monoisotopic (exact) mass is 232 g/mol. The second kappa shape index (κ2) is 3.67. The van der Waals surface area contributed by atoms with Gasteiger partial charge < -0.3 is 30.6 Å². The molecule has 0 aromatic carbocycles. The van der Waals surface area contributed by atoms with E-state index in [9.17, 15) is 24.9 Å². The van der Waals surface area contributed by atoms with Gasteiger partial charge in [-0.1, -0.05) is 0 Å². The maximum absolute atomic E-state index is 11.4. The third kappa shape index (κ3) is 1.31. The fraction of sp³-hybridized carbons (Fsp3) is 0.750. The number of amides is 2. The number of nitrogens with zero attached hydrogens (tertiary/aromatic N) is 1. The van der Waals surface area contributed by atoms with Gasteiger partial charge in [0, 0.05) is 0 Å². The van der Waals surface area contributed by atoms with Gasteiger partial charge >= 0.3 is 11.8 Å². The predicted molar refractivity (Wildman–Crippen MR) is 47.7 cm³/mol. The highest BCUT2D eigenvalue weighted by molar-refractivity contribution is 6.37. The number of carbonyl (C=O) groups is 2. The van der Waals surface area contributed by atoms with Crippen LogP contribution in [0.1, 0.15) is 0 Å². The molecule has 2 amide bonds. The van der Waals surface area contributed by atoms with Crippen LogP contribution in [0.5, 0.6) is 0 Å². The zero-order valence-electron chi connectivity index (χ0n) is 8.15. The van der Waals surface area contributed by atoms with Gasteiger partial charge in [0.2, 0.25) is 0 Å². The first-order valence-corrected chi connectivity index (χ1v) is 4.77. The zero-order valence-corrected chi connectivity index (χ0v) is 8.15. The second-order valence-corrected chi connectivity index (χ2v) is 3.85. The number of piperidine rings is 1. The molecule has 0 bridgehead atoms. The van der Waals surface area contributed by atoms with E-state index in [2.05, 4.69) is 5.32 Å².